The summed E-state index contributed by atoms with van der Waals surface area (Å²) >= 11 is 0. The largest absolute Gasteiger partial charge is 0.461 e. The van der Waals surface area contributed by atoms with E-state index in [1.165, 1.54) is 103 Å². The lowest BCUT2D eigenvalue weighted by molar-refractivity contribution is -0.150. The van der Waals surface area contributed by atoms with Crippen LogP contribution in [0.4, 0.5) is 0 Å². The van der Waals surface area contributed by atoms with Gasteiger partial charge in [-0.25, -0.2) is 0 Å². The number of aliphatic hydroxyl groups is 2. The second-order valence-electron chi connectivity index (χ2n) is 15.6. The summed E-state index contributed by atoms with van der Waals surface area (Å²) in [5.74, 6) is -0.631. The number of hydrogen-bond acceptors (Lipinski definition) is 5. The zero-order chi connectivity index (χ0) is 41.0. The van der Waals surface area contributed by atoms with Crippen molar-refractivity contribution in [2.24, 2.45) is 0 Å². The first kappa shape index (κ1) is 53.3. The minimum atomic E-state index is -0.821. The van der Waals surface area contributed by atoms with Crippen LogP contribution in [0, 0.1) is 0 Å². The van der Waals surface area contributed by atoms with Crippen LogP contribution >= 0.6 is 0 Å². The van der Waals surface area contributed by atoms with Crippen LogP contribution < -0.4 is 5.32 Å². The minimum Gasteiger partial charge on any atom is -0.461 e. The summed E-state index contributed by atoms with van der Waals surface area (Å²) in [5, 5.41) is 23.6. The first-order valence-corrected chi connectivity index (χ1v) is 23.2. The molecular weight excluding hydrogens is 695 g/mol. The fraction of sp³-hybridized carbons (Fsp3) is 0.720. The zero-order valence-electron chi connectivity index (χ0n) is 36.5. The van der Waals surface area contributed by atoms with E-state index in [1.54, 1.807) is 0 Å². The zero-order valence-corrected chi connectivity index (χ0v) is 36.5. The Morgan fingerprint density at radius 3 is 1.50 bits per heavy atom. The molecule has 0 rings (SSSR count). The first-order valence-electron chi connectivity index (χ1n) is 23.2. The molecular formula is C50H87NO5. The molecule has 3 atom stereocenters. The van der Waals surface area contributed by atoms with Gasteiger partial charge in [0.25, 0.3) is 0 Å². The highest BCUT2D eigenvalue weighted by Gasteiger charge is 2.23. The number of aliphatic hydroxyl groups excluding tert-OH is 2. The van der Waals surface area contributed by atoms with E-state index < -0.39 is 18.2 Å². The van der Waals surface area contributed by atoms with Crippen LogP contribution in [-0.4, -0.2) is 46.9 Å². The lowest BCUT2D eigenvalue weighted by atomic mass is 10.0. The van der Waals surface area contributed by atoms with Crippen LogP contribution in [0.25, 0.3) is 0 Å². The number of hydrogen-bond donors (Lipinski definition) is 3. The molecule has 6 nitrogen and oxygen atoms in total. The number of carbonyl (C=O) groups is 2. The summed E-state index contributed by atoms with van der Waals surface area (Å²) in [6.45, 7) is 6.27. The van der Waals surface area contributed by atoms with Crippen LogP contribution in [0.15, 0.2) is 72.9 Å². The maximum absolute atomic E-state index is 13.1. The van der Waals surface area contributed by atoms with Crippen LogP contribution in [0.3, 0.4) is 0 Å². The first-order chi connectivity index (χ1) is 27.5. The van der Waals surface area contributed by atoms with Crippen molar-refractivity contribution in [1.29, 1.82) is 0 Å². The molecule has 1 amide bonds. The molecule has 56 heavy (non-hydrogen) atoms. The van der Waals surface area contributed by atoms with Crippen LogP contribution in [0.2, 0.25) is 0 Å². The summed E-state index contributed by atoms with van der Waals surface area (Å²) in [6.07, 6.45) is 54.1. The van der Waals surface area contributed by atoms with Gasteiger partial charge >= 0.3 is 5.97 Å². The summed E-state index contributed by atoms with van der Waals surface area (Å²) < 4.78 is 5.81. The number of ether oxygens (including phenoxy) is 1. The van der Waals surface area contributed by atoms with Crippen molar-refractivity contribution in [2.75, 3.05) is 6.61 Å². The van der Waals surface area contributed by atoms with Gasteiger partial charge in [0.05, 0.1) is 25.2 Å². The highest BCUT2D eigenvalue weighted by molar-refractivity contribution is 5.77. The Kier molecular flexibility index (Phi) is 41.3. The van der Waals surface area contributed by atoms with Crippen LogP contribution in [-0.2, 0) is 14.3 Å². The van der Waals surface area contributed by atoms with Gasteiger partial charge in [-0.1, -0.05) is 216 Å². The van der Waals surface area contributed by atoms with Gasteiger partial charge in [-0.05, 0) is 44.9 Å². The summed E-state index contributed by atoms with van der Waals surface area (Å²) in [6, 6.07) is -0.743. The number of esters is 1. The van der Waals surface area contributed by atoms with E-state index in [4.69, 9.17) is 4.74 Å². The summed E-state index contributed by atoms with van der Waals surface area (Å²) in [5.41, 5.74) is 0. The highest BCUT2D eigenvalue weighted by atomic mass is 16.5. The molecule has 0 spiro atoms. The molecule has 0 aromatic heterocycles. The monoisotopic (exact) mass is 782 g/mol. The molecule has 0 aromatic carbocycles. The van der Waals surface area contributed by atoms with Gasteiger partial charge in [-0.3, -0.25) is 9.59 Å². The number of rotatable bonds is 40. The topological polar surface area (TPSA) is 95.9 Å². The molecule has 6 heteroatoms. The predicted octanol–water partition coefficient (Wildman–Crippen LogP) is 13.4. The standard InChI is InChI=1S/C50H87NO5/c1-4-7-10-13-16-19-22-24-27-30-33-36-39-42-48(53)47(45-52)51-49(54)44-46(41-38-35-32-29-26-21-18-15-12-9-6-3)56-50(55)43-40-37-34-31-28-25-23-20-17-14-11-8-5-2/h9,12,15,18,21,25-26,28-29,32,35,38,46-48,52-53H,4-8,10-11,13-14,16-17,19-20,22-24,27,30-31,33-34,36-37,39-45H2,1-3H3,(H,51,54)/b12-9+,18-15+,26-21-,28-25-,32-29-,38-35+. The quantitative estimate of drug-likeness (QED) is 0.0249. The Bertz CT molecular complexity index is 1060. The molecule has 0 heterocycles. The molecule has 3 unspecified atom stereocenters. The lowest BCUT2D eigenvalue weighted by Gasteiger charge is -2.24. The molecule has 322 valence electrons. The Morgan fingerprint density at radius 2 is 1.00 bits per heavy atom. The number of unbranched alkanes of at least 4 members (excludes halogenated alkanes) is 21. The fourth-order valence-electron chi connectivity index (χ4n) is 6.62. The molecule has 0 aliphatic rings. The van der Waals surface area contributed by atoms with Crippen molar-refractivity contribution in [3.63, 3.8) is 0 Å². The van der Waals surface area contributed by atoms with E-state index >= 15 is 0 Å². The molecule has 0 aliphatic heterocycles. The molecule has 0 radical (unpaired) electrons. The number of allylic oxidation sites excluding steroid dienone is 11. The molecule has 0 aliphatic carbocycles. The lowest BCUT2D eigenvalue weighted by Crippen LogP contribution is -2.46. The molecule has 0 fully saturated rings. The van der Waals surface area contributed by atoms with Crippen LogP contribution in [0.1, 0.15) is 207 Å². The van der Waals surface area contributed by atoms with E-state index in [-0.39, 0.29) is 24.9 Å². The highest BCUT2D eigenvalue weighted by Crippen LogP contribution is 2.16. The predicted molar refractivity (Wildman–Crippen MR) is 241 cm³/mol. The van der Waals surface area contributed by atoms with E-state index in [2.05, 4.69) is 44.3 Å². The normalized spacial score (nSPS) is 14.0. The average Bonchev–Trinajstić information content (AvgIpc) is 3.19. The van der Waals surface area contributed by atoms with Crippen molar-refractivity contribution < 1.29 is 24.5 Å². The molecule has 0 saturated heterocycles. The van der Waals surface area contributed by atoms with Gasteiger partial charge in [-0.2, -0.15) is 0 Å². The molecule has 0 bridgehead atoms. The van der Waals surface area contributed by atoms with E-state index in [0.717, 1.165) is 57.8 Å². The van der Waals surface area contributed by atoms with E-state index in [9.17, 15) is 19.8 Å². The van der Waals surface area contributed by atoms with E-state index in [1.807, 2.05) is 54.7 Å². The minimum absolute atomic E-state index is 0.0267. The summed E-state index contributed by atoms with van der Waals surface area (Å²) in [4.78, 5) is 25.9. The third-order valence-electron chi connectivity index (χ3n) is 10.1. The Labute approximate surface area is 345 Å². The van der Waals surface area contributed by atoms with E-state index in [0.29, 0.717) is 19.3 Å². The van der Waals surface area contributed by atoms with Gasteiger partial charge in [0.2, 0.25) is 5.91 Å². The molecule has 3 N–H and O–H groups in total. The van der Waals surface area contributed by atoms with Gasteiger partial charge < -0.3 is 20.3 Å². The van der Waals surface area contributed by atoms with Crippen molar-refractivity contribution >= 4 is 11.9 Å². The number of carbonyl (C=O) groups excluding carboxylic acids is 2. The smallest absolute Gasteiger partial charge is 0.306 e. The fourth-order valence-corrected chi connectivity index (χ4v) is 6.62. The Morgan fingerprint density at radius 1 is 0.554 bits per heavy atom. The molecule has 0 aromatic rings. The average molecular weight is 782 g/mol. The molecule has 0 saturated carbocycles. The van der Waals surface area contributed by atoms with Crippen molar-refractivity contribution in [1.82, 2.24) is 5.32 Å². The van der Waals surface area contributed by atoms with Gasteiger partial charge in [0.15, 0.2) is 0 Å². The van der Waals surface area contributed by atoms with Gasteiger partial charge in [0, 0.05) is 12.8 Å². The third-order valence-corrected chi connectivity index (χ3v) is 10.1. The second kappa shape index (κ2) is 43.4. The maximum atomic E-state index is 13.1. The third kappa shape index (κ3) is 38.2. The Balaban J connectivity index is 4.72. The maximum Gasteiger partial charge on any atom is 0.306 e. The summed E-state index contributed by atoms with van der Waals surface area (Å²) in [7, 11) is 0. The Hall–Kier alpha value is -2.70. The van der Waals surface area contributed by atoms with Gasteiger partial charge in [-0.15, -0.1) is 0 Å². The second-order valence-corrected chi connectivity index (χ2v) is 15.6. The number of nitrogens with one attached hydrogen (secondary N) is 1. The van der Waals surface area contributed by atoms with Gasteiger partial charge in [0.1, 0.15) is 6.10 Å². The van der Waals surface area contributed by atoms with Crippen molar-refractivity contribution in [3.8, 4) is 0 Å². The van der Waals surface area contributed by atoms with Crippen LogP contribution in [0.5, 0.6) is 0 Å². The SMILES string of the molecule is CC/C=C/C=C/C=C\C=C/C=C/CC(CC(=O)NC(CO)C(O)CCCCCCCCCCCCCCC)OC(=O)CCCCC/C=C\CCCCCCCC. The number of amides is 1. The van der Waals surface area contributed by atoms with Crippen molar-refractivity contribution in [3.05, 3.63) is 72.9 Å². The van der Waals surface area contributed by atoms with Crippen molar-refractivity contribution in [2.45, 2.75) is 225 Å².